The lowest BCUT2D eigenvalue weighted by molar-refractivity contribution is 0.0416. The fraction of sp³-hybridized carbons (Fsp3) is 0.875. The Kier molecular flexibility index (Phi) is 1.91. The lowest BCUT2D eigenvalue weighted by Gasteiger charge is -2.34. The summed E-state index contributed by atoms with van der Waals surface area (Å²) in [5.74, 6) is 0.738. The topological polar surface area (TPSA) is 21.3 Å². The molecule has 0 aromatic heterocycles. The minimum Gasteiger partial charge on any atom is -0.372 e. The molecule has 2 saturated heterocycles. The van der Waals surface area contributed by atoms with Gasteiger partial charge in [-0.1, -0.05) is 0 Å². The molecule has 0 saturated carbocycles. The van der Waals surface area contributed by atoms with E-state index in [0.717, 1.165) is 32.0 Å². The third-order valence-corrected chi connectivity index (χ3v) is 2.38. The van der Waals surface area contributed by atoms with Crippen molar-refractivity contribution in [3.05, 3.63) is 6.10 Å². The molecule has 2 heterocycles. The molecule has 0 aromatic rings. The maximum atomic E-state index is 5.56. The number of nitrogens with one attached hydrogen (secondary N) is 1. The van der Waals surface area contributed by atoms with Gasteiger partial charge >= 0.3 is 0 Å². The Morgan fingerprint density at radius 2 is 2.50 bits per heavy atom. The third kappa shape index (κ3) is 1.18. The van der Waals surface area contributed by atoms with Crippen LogP contribution in [-0.4, -0.2) is 19.7 Å². The molecule has 2 fully saturated rings. The second-order valence-corrected chi connectivity index (χ2v) is 3.11. The first-order chi connectivity index (χ1) is 4.97. The van der Waals surface area contributed by atoms with E-state index in [1.165, 1.54) is 18.9 Å². The van der Waals surface area contributed by atoms with Crippen LogP contribution >= 0.6 is 0 Å². The molecule has 1 atom stereocenters. The highest BCUT2D eigenvalue weighted by Crippen LogP contribution is 2.30. The summed E-state index contributed by atoms with van der Waals surface area (Å²) in [7, 11) is 0. The van der Waals surface area contributed by atoms with Gasteiger partial charge in [0.1, 0.15) is 6.10 Å². The summed E-state index contributed by atoms with van der Waals surface area (Å²) < 4.78 is 5.56. The predicted octanol–water partition coefficient (Wildman–Crippen LogP) is 0.938. The standard InChI is InChI=1S/C8H14NO/c1-2-7-6-9-4-3-8(7)10-5-1/h7,9H,1-6H2. The van der Waals surface area contributed by atoms with Crippen LogP contribution in [0.25, 0.3) is 0 Å². The maximum absolute atomic E-state index is 5.56. The highest BCUT2D eigenvalue weighted by atomic mass is 16.5. The van der Waals surface area contributed by atoms with Gasteiger partial charge in [0.2, 0.25) is 0 Å². The zero-order chi connectivity index (χ0) is 6.81. The van der Waals surface area contributed by atoms with E-state index in [1.807, 2.05) is 0 Å². The van der Waals surface area contributed by atoms with Crippen molar-refractivity contribution in [2.75, 3.05) is 19.7 Å². The molecule has 0 bridgehead atoms. The molecular weight excluding hydrogens is 126 g/mol. The van der Waals surface area contributed by atoms with E-state index in [-0.39, 0.29) is 0 Å². The molecule has 2 rings (SSSR count). The van der Waals surface area contributed by atoms with Crippen LogP contribution in [0.3, 0.4) is 0 Å². The average Bonchev–Trinajstić information content (AvgIpc) is 2.05. The van der Waals surface area contributed by atoms with Gasteiger partial charge in [-0.2, -0.15) is 0 Å². The van der Waals surface area contributed by atoms with Crippen molar-refractivity contribution in [3.8, 4) is 0 Å². The molecule has 10 heavy (non-hydrogen) atoms. The van der Waals surface area contributed by atoms with E-state index in [9.17, 15) is 0 Å². The van der Waals surface area contributed by atoms with Crippen LogP contribution in [0.5, 0.6) is 0 Å². The van der Waals surface area contributed by atoms with E-state index < -0.39 is 0 Å². The molecule has 2 heteroatoms. The fourth-order valence-electron chi connectivity index (χ4n) is 1.79. The van der Waals surface area contributed by atoms with Gasteiger partial charge in [0.05, 0.1) is 0 Å². The smallest absolute Gasteiger partial charge is 0.103 e. The van der Waals surface area contributed by atoms with Crippen LogP contribution in [-0.2, 0) is 4.74 Å². The summed E-state index contributed by atoms with van der Waals surface area (Å²) in [6.45, 7) is 3.23. The first-order valence-electron chi connectivity index (χ1n) is 4.16. The van der Waals surface area contributed by atoms with E-state index in [4.69, 9.17) is 4.74 Å². The number of hydrogen-bond donors (Lipinski definition) is 1. The lowest BCUT2D eigenvalue weighted by atomic mass is 9.90. The van der Waals surface area contributed by atoms with Gasteiger partial charge in [-0.25, -0.2) is 0 Å². The number of ether oxygens (including phenoxy) is 1. The van der Waals surface area contributed by atoms with Crippen molar-refractivity contribution >= 4 is 0 Å². The quantitative estimate of drug-likeness (QED) is 0.540. The van der Waals surface area contributed by atoms with Crippen LogP contribution in [0.2, 0.25) is 0 Å². The van der Waals surface area contributed by atoms with Gasteiger partial charge < -0.3 is 10.1 Å². The Labute approximate surface area is 61.9 Å². The summed E-state index contributed by atoms with van der Waals surface area (Å²) >= 11 is 0. The summed E-state index contributed by atoms with van der Waals surface area (Å²) in [5.41, 5.74) is 0. The van der Waals surface area contributed by atoms with Crippen molar-refractivity contribution in [1.82, 2.24) is 5.32 Å². The molecule has 1 unspecified atom stereocenters. The predicted molar refractivity (Wildman–Crippen MR) is 39.4 cm³/mol. The van der Waals surface area contributed by atoms with Crippen molar-refractivity contribution < 1.29 is 4.74 Å². The van der Waals surface area contributed by atoms with Crippen LogP contribution < -0.4 is 5.32 Å². The Morgan fingerprint density at radius 3 is 3.40 bits per heavy atom. The zero-order valence-electron chi connectivity index (χ0n) is 6.23. The van der Waals surface area contributed by atoms with Gasteiger partial charge in [-0.05, 0) is 25.8 Å². The van der Waals surface area contributed by atoms with Crippen molar-refractivity contribution in [2.45, 2.75) is 19.3 Å². The van der Waals surface area contributed by atoms with E-state index in [1.54, 1.807) is 0 Å². The van der Waals surface area contributed by atoms with Gasteiger partial charge in [0.15, 0.2) is 0 Å². The second-order valence-electron chi connectivity index (χ2n) is 3.11. The van der Waals surface area contributed by atoms with Gasteiger partial charge in [-0.15, -0.1) is 0 Å². The van der Waals surface area contributed by atoms with Gasteiger partial charge in [0, 0.05) is 19.1 Å². The fourth-order valence-corrected chi connectivity index (χ4v) is 1.79. The third-order valence-electron chi connectivity index (χ3n) is 2.38. The minimum absolute atomic E-state index is 0.738. The van der Waals surface area contributed by atoms with E-state index in [0.29, 0.717) is 0 Å². The molecule has 0 amide bonds. The molecule has 2 aliphatic rings. The molecule has 57 valence electrons. The summed E-state index contributed by atoms with van der Waals surface area (Å²) in [6.07, 6.45) is 5.09. The lowest BCUT2D eigenvalue weighted by Crippen LogP contribution is -2.38. The van der Waals surface area contributed by atoms with Crippen LogP contribution in [0.4, 0.5) is 0 Å². The maximum Gasteiger partial charge on any atom is 0.103 e. The first kappa shape index (κ1) is 6.62. The summed E-state index contributed by atoms with van der Waals surface area (Å²) in [4.78, 5) is 0. The Hall–Kier alpha value is -0.0800. The van der Waals surface area contributed by atoms with E-state index >= 15 is 0 Å². The normalized spacial score (nSPS) is 35.4. The molecule has 1 N–H and O–H groups in total. The van der Waals surface area contributed by atoms with Crippen molar-refractivity contribution in [1.29, 1.82) is 0 Å². The Bertz CT molecular complexity index is 89.8. The minimum atomic E-state index is 0.738. The number of hydrogen-bond acceptors (Lipinski definition) is 2. The van der Waals surface area contributed by atoms with Crippen LogP contribution in [0.1, 0.15) is 19.3 Å². The molecule has 2 aliphatic heterocycles. The monoisotopic (exact) mass is 140 g/mol. The van der Waals surface area contributed by atoms with Gasteiger partial charge in [-0.3, -0.25) is 0 Å². The second kappa shape index (κ2) is 2.89. The van der Waals surface area contributed by atoms with E-state index in [2.05, 4.69) is 5.32 Å². The average molecular weight is 140 g/mol. The van der Waals surface area contributed by atoms with Gasteiger partial charge in [0.25, 0.3) is 0 Å². The molecular formula is C8H14NO. The van der Waals surface area contributed by atoms with Crippen LogP contribution in [0.15, 0.2) is 0 Å². The molecule has 1 radical (unpaired) electrons. The molecule has 0 spiro atoms. The summed E-state index contributed by atoms with van der Waals surface area (Å²) in [6, 6.07) is 0. The molecule has 0 aliphatic carbocycles. The van der Waals surface area contributed by atoms with Crippen LogP contribution in [0, 0.1) is 12.0 Å². The number of rotatable bonds is 0. The number of piperidine rings is 1. The Morgan fingerprint density at radius 1 is 1.50 bits per heavy atom. The Balaban J connectivity index is 1.93. The molecule has 2 nitrogen and oxygen atoms in total. The largest absolute Gasteiger partial charge is 0.372 e. The molecule has 0 aromatic carbocycles. The van der Waals surface area contributed by atoms with Crippen molar-refractivity contribution in [3.63, 3.8) is 0 Å². The zero-order valence-corrected chi connectivity index (χ0v) is 6.23. The SMILES string of the molecule is C1CO[C]2CCNCC2C1. The number of fused-ring (bicyclic) bond motifs is 1. The highest BCUT2D eigenvalue weighted by Gasteiger charge is 2.28. The summed E-state index contributed by atoms with van der Waals surface area (Å²) in [5, 5.41) is 3.38. The van der Waals surface area contributed by atoms with Crippen molar-refractivity contribution in [2.24, 2.45) is 5.92 Å². The first-order valence-corrected chi connectivity index (χ1v) is 4.16. The highest BCUT2D eigenvalue weighted by molar-refractivity contribution is 4.95.